The molecule has 2 unspecified atom stereocenters. The normalized spacial score (nSPS) is 29.5. The summed E-state index contributed by atoms with van der Waals surface area (Å²) in [6.07, 6.45) is 17.6. The standard InChI is InChI=1S/C9H12O.C5H5.Rh/c1-6(10)9-5-7-2-3-8(9)4-7;1-2-4-5-3-1;/h2-3,5-8,10H,4H2,1H3;1-5H;/t6-,7?,8?;;/m0../s1. The van der Waals surface area contributed by atoms with Gasteiger partial charge in [0.15, 0.2) is 0 Å². The molecule has 1 nitrogen and oxygen atoms in total. The number of hydrogen-bond acceptors (Lipinski definition) is 1. The van der Waals surface area contributed by atoms with Crippen LogP contribution in [0.3, 0.4) is 0 Å². The van der Waals surface area contributed by atoms with E-state index in [1.165, 1.54) is 12.0 Å². The van der Waals surface area contributed by atoms with E-state index in [0.717, 1.165) is 0 Å². The molecule has 0 aromatic carbocycles. The molecule has 3 aliphatic rings. The Bertz CT molecular complexity index is 327. The molecule has 0 saturated heterocycles. The molecule has 0 amide bonds. The fraction of sp³-hybridized carbons (Fsp3) is 0.357. The number of fused-ring (bicyclic) bond motifs is 2. The molecule has 3 rings (SSSR count). The summed E-state index contributed by atoms with van der Waals surface area (Å²) in [5, 5.41) is 9.27. The van der Waals surface area contributed by atoms with Gasteiger partial charge in [-0.2, -0.15) is 0 Å². The predicted molar refractivity (Wildman–Crippen MR) is 63.1 cm³/mol. The summed E-state index contributed by atoms with van der Waals surface area (Å²) in [4.78, 5) is 0. The van der Waals surface area contributed by atoms with E-state index in [0.29, 0.717) is 11.8 Å². The van der Waals surface area contributed by atoms with Crippen molar-refractivity contribution in [1.29, 1.82) is 0 Å². The number of rotatable bonds is 1. The van der Waals surface area contributed by atoms with E-state index >= 15 is 0 Å². The Balaban J connectivity index is 0.000000183. The van der Waals surface area contributed by atoms with E-state index in [9.17, 15) is 5.11 Å². The SMILES string of the molecule is C[C@H](O)C1=CC2C=CC1C2.[CH]1C=CC=C1.[Rh]. The van der Waals surface area contributed by atoms with Crippen LogP contribution in [0.4, 0.5) is 0 Å². The van der Waals surface area contributed by atoms with Crippen LogP contribution in [-0.4, -0.2) is 11.2 Å². The van der Waals surface area contributed by atoms with E-state index in [-0.39, 0.29) is 25.6 Å². The van der Waals surface area contributed by atoms with Crippen molar-refractivity contribution in [1.82, 2.24) is 0 Å². The first kappa shape index (κ1) is 13.6. The zero-order valence-electron chi connectivity index (χ0n) is 9.34. The molecule has 0 aliphatic heterocycles. The fourth-order valence-corrected chi connectivity index (χ4v) is 2.24. The Kier molecular flexibility index (Phi) is 5.38. The smallest absolute Gasteiger partial charge is 0.0727 e. The minimum atomic E-state index is -0.236. The quantitative estimate of drug-likeness (QED) is 0.583. The van der Waals surface area contributed by atoms with Gasteiger partial charge >= 0.3 is 0 Å². The Morgan fingerprint density at radius 2 is 1.88 bits per heavy atom. The van der Waals surface area contributed by atoms with Gasteiger partial charge < -0.3 is 5.11 Å². The van der Waals surface area contributed by atoms with Crippen LogP contribution in [0.1, 0.15) is 13.3 Å². The first-order valence-electron chi connectivity index (χ1n) is 5.52. The van der Waals surface area contributed by atoms with Crippen molar-refractivity contribution in [2.75, 3.05) is 0 Å². The molecular formula is C14H17ORh. The summed E-state index contributed by atoms with van der Waals surface area (Å²) in [5.74, 6) is 1.19. The van der Waals surface area contributed by atoms with E-state index in [4.69, 9.17) is 0 Å². The van der Waals surface area contributed by atoms with Gasteiger partial charge in [0.05, 0.1) is 6.10 Å². The van der Waals surface area contributed by atoms with E-state index < -0.39 is 0 Å². The van der Waals surface area contributed by atoms with Gasteiger partial charge in [0.1, 0.15) is 0 Å². The number of aliphatic hydroxyl groups excluding tert-OH is 1. The van der Waals surface area contributed by atoms with Gasteiger partial charge in [-0.25, -0.2) is 0 Å². The maximum atomic E-state index is 9.27. The molecule has 0 fully saturated rings. The van der Waals surface area contributed by atoms with Crippen molar-refractivity contribution in [2.45, 2.75) is 19.4 Å². The third-order valence-electron chi connectivity index (χ3n) is 2.99. The number of aliphatic hydroxyl groups is 1. The second kappa shape index (κ2) is 6.32. The molecule has 3 atom stereocenters. The molecule has 0 aromatic rings. The Labute approximate surface area is 110 Å². The van der Waals surface area contributed by atoms with Gasteiger partial charge in [0.2, 0.25) is 0 Å². The van der Waals surface area contributed by atoms with E-state index in [1.54, 1.807) is 0 Å². The first-order valence-corrected chi connectivity index (χ1v) is 5.52. The van der Waals surface area contributed by atoms with Crippen LogP contribution < -0.4 is 0 Å². The Hall–Kier alpha value is -0.457. The van der Waals surface area contributed by atoms with Gasteiger partial charge in [-0.1, -0.05) is 42.5 Å². The molecule has 1 N–H and O–H groups in total. The minimum Gasteiger partial charge on any atom is -0.389 e. The maximum Gasteiger partial charge on any atom is 0.0727 e. The van der Waals surface area contributed by atoms with Crippen LogP contribution in [0, 0.1) is 18.3 Å². The largest absolute Gasteiger partial charge is 0.389 e. The average molecular weight is 304 g/mol. The van der Waals surface area contributed by atoms with Crippen molar-refractivity contribution in [3.8, 4) is 0 Å². The molecular weight excluding hydrogens is 287 g/mol. The summed E-state index contributed by atoms with van der Waals surface area (Å²) in [7, 11) is 0. The van der Waals surface area contributed by atoms with Crippen LogP contribution in [0.5, 0.6) is 0 Å². The molecule has 2 heteroatoms. The summed E-state index contributed by atoms with van der Waals surface area (Å²) in [5.41, 5.74) is 1.23. The molecule has 2 radical (unpaired) electrons. The van der Waals surface area contributed by atoms with Crippen molar-refractivity contribution in [3.05, 3.63) is 54.5 Å². The fourth-order valence-electron chi connectivity index (χ4n) is 2.24. The van der Waals surface area contributed by atoms with Crippen molar-refractivity contribution < 1.29 is 24.6 Å². The monoisotopic (exact) mass is 304 g/mol. The molecule has 0 saturated carbocycles. The molecule has 2 bridgehead atoms. The minimum absolute atomic E-state index is 0. The van der Waals surface area contributed by atoms with Gasteiger partial charge in [-0.15, -0.1) is 0 Å². The average Bonchev–Trinajstić information content (AvgIpc) is 2.97. The molecule has 0 aromatic heterocycles. The number of hydrogen-bond donors (Lipinski definition) is 1. The van der Waals surface area contributed by atoms with Crippen LogP contribution >= 0.6 is 0 Å². The second-order valence-corrected chi connectivity index (χ2v) is 4.20. The van der Waals surface area contributed by atoms with Crippen LogP contribution in [0.15, 0.2) is 48.1 Å². The van der Waals surface area contributed by atoms with Crippen molar-refractivity contribution in [2.24, 2.45) is 11.8 Å². The topological polar surface area (TPSA) is 20.2 Å². The molecule has 88 valence electrons. The zero-order valence-corrected chi connectivity index (χ0v) is 11.0. The van der Waals surface area contributed by atoms with E-state index in [2.05, 4.69) is 18.2 Å². The predicted octanol–water partition coefficient (Wildman–Crippen LogP) is 2.81. The molecule has 3 aliphatic carbocycles. The van der Waals surface area contributed by atoms with Crippen molar-refractivity contribution in [3.63, 3.8) is 0 Å². The third kappa shape index (κ3) is 3.27. The first-order chi connectivity index (χ1) is 7.27. The van der Waals surface area contributed by atoms with Gasteiger partial charge in [-0.3, -0.25) is 0 Å². The van der Waals surface area contributed by atoms with E-state index in [1.807, 2.05) is 37.6 Å². The van der Waals surface area contributed by atoms with Gasteiger partial charge in [0, 0.05) is 31.8 Å². The Morgan fingerprint density at radius 1 is 1.19 bits per heavy atom. The summed E-state index contributed by atoms with van der Waals surface area (Å²) < 4.78 is 0. The third-order valence-corrected chi connectivity index (χ3v) is 2.99. The van der Waals surface area contributed by atoms with Gasteiger partial charge in [0.25, 0.3) is 0 Å². The number of allylic oxidation sites excluding steroid dienone is 7. The van der Waals surface area contributed by atoms with Crippen molar-refractivity contribution >= 4 is 0 Å². The van der Waals surface area contributed by atoms with Crippen LogP contribution in [0.25, 0.3) is 0 Å². The zero-order chi connectivity index (χ0) is 10.7. The summed E-state index contributed by atoms with van der Waals surface area (Å²) in [6, 6.07) is 0. The summed E-state index contributed by atoms with van der Waals surface area (Å²) >= 11 is 0. The Morgan fingerprint density at radius 3 is 2.12 bits per heavy atom. The summed E-state index contributed by atoms with van der Waals surface area (Å²) in [6.45, 7) is 1.85. The second-order valence-electron chi connectivity index (χ2n) is 4.20. The van der Waals surface area contributed by atoms with Gasteiger partial charge in [-0.05, 0) is 24.8 Å². The van der Waals surface area contributed by atoms with Crippen LogP contribution in [0.2, 0.25) is 0 Å². The molecule has 16 heavy (non-hydrogen) atoms. The van der Waals surface area contributed by atoms with Crippen LogP contribution in [-0.2, 0) is 19.5 Å². The molecule has 0 heterocycles. The molecule has 0 spiro atoms. The maximum absolute atomic E-state index is 9.27.